The SMILES string of the molecule is CCCCC/C=C(\I)C(C)O. The highest BCUT2D eigenvalue weighted by atomic mass is 127. The molecule has 0 aliphatic heterocycles. The van der Waals surface area contributed by atoms with Crippen LogP contribution < -0.4 is 0 Å². The Morgan fingerprint density at radius 1 is 1.55 bits per heavy atom. The molecular formula is C9H17IO. The second kappa shape index (κ2) is 7.10. The van der Waals surface area contributed by atoms with Gasteiger partial charge >= 0.3 is 0 Å². The highest BCUT2D eigenvalue weighted by Gasteiger charge is 1.97. The number of aliphatic hydroxyl groups excluding tert-OH is 1. The van der Waals surface area contributed by atoms with Crippen LogP contribution in [0.1, 0.15) is 39.5 Å². The molecule has 0 aromatic heterocycles. The molecule has 0 aliphatic rings. The molecule has 0 aromatic rings. The standard InChI is InChI=1S/C9H17IO/c1-3-4-5-6-7-9(10)8(2)11/h7-8,11H,3-6H2,1-2H3/b9-7-. The Bertz CT molecular complexity index is 119. The molecule has 1 nitrogen and oxygen atoms in total. The fourth-order valence-electron chi connectivity index (χ4n) is 0.805. The smallest absolute Gasteiger partial charge is 0.0815 e. The molecule has 1 N–H and O–H groups in total. The van der Waals surface area contributed by atoms with Crippen LogP contribution in [-0.2, 0) is 0 Å². The third kappa shape index (κ3) is 6.81. The first-order chi connectivity index (χ1) is 5.18. The van der Waals surface area contributed by atoms with Crippen molar-refractivity contribution in [3.05, 3.63) is 9.66 Å². The molecule has 0 heterocycles. The molecule has 0 saturated carbocycles. The number of unbranched alkanes of at least 4 members (excludes halogenated alkanes) is 3. The number of halogens is 1. The lowest BCUT2D eigenvalue weighted by molar-refractivity contribution is 0.242. The molecular weight excluding hydrogens is 251 g/mol. The summed E-state index contributed by atoms with van der Waals surface area (Å²) >= 11 is 2.19. The van der Waals surface area contributed by atoms with Crippen molar-refractivity contribution in [2.24, 2.45) is 0 Å². The number of rotatable bonds is 5. The topological polar surface area (TPSA) is 20.2 Å². The van der Waals surface area contributed by atoms with Gasteiger partial charge < -0.3 is 5.11 Å². The summed E-state index contributed by atoms with van der Waals surface area (Å²) in [7, 11) is 0. The first-order valence-electron chi connectivity index (χ1n) is 4.22. The second-order valence-electron chi connectivity index (χ2n) is 2.76. The van der Waals surface area contributed by atoms with Gasteiger partial charge in [0.2, 0.25) is 0 Å². The van der Waals surface area contributed by atoms with Gasteiger partial charge in [-0.25, -0.2) is 0 Å². The van der Waals surface area contributed by atoms with Crippen molar-refractivity contribution in [2.75, 3.05) is 0 Å². The molecule has 1 atom stereocenters. The van der Waals surface area contributed by atoms with E-state index in [1.54, 1.807) is 6.92 Å². The molecule has 0 radical (unpaired) electrons. The summed E-state index contributed by atoms with van der Waals surface area (Å²) in [5, 5.41) is 9.10. The van der Waals surface area contributed by atoms with Gasteiger partial charge in [-0.2, -0.15) is 0 Å². The fraction of sp³-hybridized carbons (Fsp3) is 0.778. The van der Waals surface area contributed by atoms with Crippen LogP contribution >= 0.6 is 22.6 Å². The van der Waals surface area contributed by atoms with E-state index in [9.17, 15) is 0 Å². The summed E-state index contributed by atoms with van der Waals surface area (Å²) < 4.78 is 1.07. The number of allylic oxidation sites excluding steroid dienone is 1. The van der Waals surface area contributed by atoms with Crippen LogP contribution in [0, 0.1) is 0 Å². The lowest BCUT2D eigenvalue weighted by Crippen LogP contribution is -1.97. The Morgan fingerprint density at radius 3 is 2.64 bits per heavy atom. The first-order valence-corrected chi connectivity index (χ1v) is 5.30. The highest BCUT2D eigenvalue weighted by Crippen LogP contribution is 2.13. The normalized spacial score (nSPS) is 15.1. The Kier molecular flexibility index (Phi) is 7.38. The van der Waals surface area contributed by atoms with Gasteiger partial charge in [0, 0.05) is 3.58 Å². The van der Waals surface area contributed by atoms with Gasteiger partial charge in [0.05, 0.1) is 6.10 Å². The Morgan fingerprint density at radius 2 is 2.18 bits per heavy atom. The predicted octanol–water partition coefficient (Wildman–Crippen LogP) is 3.27. The largest absolute Gasteiger partial charge is 0.388 e. The van der Waals surface area contributed by atoms with Crippen molar-refractivity contribution in [2.45, 2.75) is 45.6 Å². The number of hydrogen-bond acceptors (Lipinski definition) is 1. The monoisotopic (exact) mass is 268 g/mol. The zero-order chi connectivity index (χ0) is 8.69. The summed E-state index contributed by atoms with van der Waals surface area (Å²) in [5.74, 6) is 0. The van der Waals surface area contributed by atoms with Crippen LogP contribution in [0.2, 0.25) is 0 Å². The summed E-state index contributed by atoms with van der Waals surface area (Å²) in [6.45, 7) is 4.00. The molecule has 11 heavy (non-hydrogen) atoms. The highest BCUT2D eigenvalue weighted by molar-refractivity contribution is 14.1. The van der Waals surface area contributed by atoms with Crippen molar-refractivity contribution in [1.29, 1.82) is 0 Å². The zero-order valence-electron chi connectivity index (χ0n) is 7.31. The van der Waals surface area contributed by atoms with E-state index in [0.717, 1.165) is 10.0 Å². The van der Waals surface area contributed by atoms with Crippen molar-refractivity contribution in [3.8, 4) is 0 Å². The molecule has 0 aliphatic carbocycles. The maximum absolute atomic E-state index is 9.10. The third-order valence-corrected chi connectivity index (χ3v) is 2.89. The molecule has 0 fully saturated rings. The van der Waals surface area contributed by atoms with Gasteiger partial charge in [0.25, 0.3) is 0 Å². The van der Waals surface area contributed by atoms with Crippen LogP contribution in [0.4, 0.5) is 0 Å². The van der Waals surface area contributed by atoms with E-state index in [0.29, 0.717) is 0 Å². The average Bonchev–Trinajstić information content (AvgIpc) is 1.97. The van der Waals surface area contributed by atoms with Crippen molar-refractivity contribution >= 4 is 22.6 Å². The minimum Gasteiger partial charge on any atom is -0.388 e. The average molecular weight is 268 g/mol. The van der Waals surface area contributed by atoms with E-state index in [2.05, 4.69) is 35.6 Å². The van der Waals surface area contributed by atoms with E-state index in [1.165, 1.54) is 19.3 Å². The minimum absolute atomic E-state index is 0.280. The van der Waals surface area contributed by atoms with Gasteiger partial charge in [0.1, 0.15) is 0 Å². The first kappa shape index (κ1) is 11.4. The lowest BCUT2D eigenvalue weighted by atomic mass is 10.2. The van der Waals surface area contributed by atoms with Crippen LogP contribution in [-0.4, -0.2) is 11.2 Å². The molecule has 1 unspecified atom stereocenters. The van der Waals surface area contributed by atoms with Crippen molar-refractivity contribution < 1.29 is 5.11 Å². The lowest BCUT2D eigenvalue weighted by Gasteiger charge is -2.01. The molecule has 2 heteroatoms. The molecule has 0 saturated heterocycles. The fourth-order valence-corrected chi connectivity index (χ4v) is 1.12. The van der Waals surface area contributed by atoms with E-state index >= 15 is 0 Å². The van der Waals surface area contributed by atoms with Crippen LogP contribution in [0.3, 0.4) is 0 Å². The Balaban J connectivity index is 3.40. The molecule has 0 aromatic carbocycles. The van der Waals surface area contributed by atoms with Crippen LogP contribution in [0.5, 0.6) is 0 Å². The summed E-state index contributed by atoms with van der Waals surface area (Å²) in [4.78, 5) is 0. The predicted molar refractivity (Wildman–Crippen MR) is 57.9 cm³/mol. The van der Waals surface area contributed by atoms with Crippen LogP contribution in [0.15, 0.2) is 9.66 Å². The van der Waals surface area contributed by atoms with E-state index in [4.69, 9.17) is 5.11 Å². The van der Waals surface area contributed by atoms with E-state index in [-0.39, 0.29) is 6.10 Å². The zero-order valence-corrected chi connectivity index (χ0v) is 9.47. The number of hydrogen-bond donors (Lipinski definition) is 1. The molecule has 0 rings (SSSR count). The van der Waals surface area contributed by atoms with Gasteiger partial charge in [-0.1, -0.05) is 25.8 Å². The second-order valence-corrected chi connectivity index (χ2v) is 4.01. The van der Waals surface area contributed by atoms with Gasteiger partial charge in [0.15, 0.2) is 0 Å². The maximum atomic E-state index is 9.10. The Hall–Kier alpha value is 0.430. The summed E-state index contributed by atoms with van der Waals surface area (Å²) in [5.41, 5.74) is 0. The maximum Gasteiger partial charge on any atom is 0.0815 e. The summed E-state index contributed by atoms with van der Waals surface area (Å²) in [6, 6.07) is 0. The third-order valence-electron chi connectivity index (χ3n) is 1.55. The Labute approximate surface area is 83.0 Å². The van der Waals surface area contributed by atoms with E-state index in [1.807, 2.05) is 0 Å². The van der Waals surface area contributed by atoms with Crippen molar-refractivity contribution in [3.63, 3.8) is 0 Å². The van der Waals surface area contributed by atoms with Gasteiger partial charge in [-0.3, -0.25) is 0 Å². The molecule has 0 amide bonds. The molecule has 0 spiro atoms. The molecule has 0 bridgehead atoms. The van der Waals surface area contributed by atoms with Gasteiger partial charge in [-0.05, 0) is 42.4 Å². The number of aliphatic hydroxyl groups is 1. The van der Waals surface area contributed by atoms with E-state index < -0.39 is 0 Å². The quantitative estimate of drug-likeness (QED) is 0.599. The van der Waals surface area contributed by atoms with Crippen LogP contribution in [0.25, 0.3) is 0 Å². The summed E-state index contributed by atoms with van der Waals surface area (Å²) in [6.07, 6.45) is 6.75. The molecule has 66 valence electrons. The van der Waals surface area contributed by atoms with Gasteiger partial charge in [-0.15, -0.1) is 0 Å². The minimum atomic E-state index is -0.280. The van der Waals surface area contributed by atoms with Crippen molar-refractivity contribution in [1.82, 2.24) is 0 Å².